The fourth-order valence-electron chi connectivity index (χ4n) is 1.84. The molecule has 19 heavy (non-hydrogen) atoms. The Bertz CT molecular complexity index is 354. The summed E-state index contributed by atoms with van der Waals surface area (Å²) in [6.45, 7) is 1.46. The van der Waals surface area contributed by atoms with Gasteiger partial charge in [-0.3, -0.25) is 4.79 Å². The van der Waals surface area contributed by atoms with Gasteiger partial charge in [-0.25, -0.2) is 0 Å². The Morgan fingerprint density at radius 2 is 2.05 bits per heavy atom. The Morgan fingerprint density at radius 1 is 1.32 bits per heavy atom. The number of amides is 1. The maximum Gasteiger partial charge on any atom is 0.220 e. The van der Waals surface area contributed by atoms with Crippen LogP contribution < -0.4 is 11.1 Å². The third kappa shape index (κ3) is 6.94. The molecule has 0 aliphatic rings. The molecule has 1 rings (SSSR count). The van der Waals surface area contributed by atoms with Crippen LogP contribution in [0.15, 0.2) is 30.3 Å². The number of nitrogens with one attached hydrogen (secondary N) is 1. The van der Waals surface area contributed by atoms with Gasteiger partial charge in [0.05, 0.1) is 0 Å². The van der Waals surface area contributed by atoms with E-state index in [9.17, 15) is 4.79 Å². The second-order valence-electron chi connectivity index (χ2n) is 4.61. The number of benzene rings is 1. The maximum atomic E-state index is 11.6. The molecule has 0 spiro atoms. The molecule has 1 aromatic rings. The largest absolute Gasteiger partial charge is 0.385 e. The summed E-state index contributed by atoms with van der Waals surface area (Å²) in [7, 11) is 1.68. The van der Waals surface area contributed by atoms with E-state index in [2.05, 4.69) is 5.32 Å². The lowest BCUT2D eigenvalue weighted by Crippen LogP contribution is -2.25. The molecule has 0 bridgehead atoms. The van der Waals surface area contributed by atoms with Crippen molar-refractivity contribution in [1.29, 1.82) is 0 Å². The zero-order valence-corrected chi connectivity index (χ0v) is 11.6. The molecule has 0 saturated carbocycles. The molecule has 0 aliphatic carbocycles. The molecule has 1 amide bonds. The van der Waals surface area contributed by atoms with Crippen LogP contribution in [-0.4, -0.2) is 26.2 Å². The third-order valence-electron chi connectivity index (χ3n) is 3.01. The van der Waals surface area contributed by atoms with Gasteiger partial charge >= 0.3 is 0 Å². The van der Waals surface area contributed by atoms with Crippen molar-refractivity contribution in [3.63, 3.8) is 0 Å². The first kappa shape index (κ1) is 15.7. The van der Waals surface area contributed by atoms with Gasteiger partial charge in [0.15, 0.2) is 0 Å². The quantitative estimate of drug-likeness (QED) is 0.671. The van der Waals surface area contributed by atoms with Gasteiger partial charge in [-0.15, -0.1) is 0 Å². The number of ether oxygens (including phenoxy) is 1. The highest BCUT2D eigenvalue weighted by Gasteiger charge is 2.08. The second kappa shape index (κ2) is 9.53. The maximum absolute atomic E-state index is 11.6. The summed E-state index contributed by atoms with van der Waals surface area (Å²) >= 11 is 0. The lowest BCUT2D eigenvalue weighted by atomic mass is 10.0. The number of nitrogens with two attached hydrogens (primary N) is 1. The molecule has 0 aromatic heterocycles. The van der Waals surface area contributed by atoms with Gasteiger partial charge in [0, 0.05) is 32.7 Å². The van der Waals surface area contributed by atoms with Gasteiger partial charge in [-0.1, -0.05) is 30.3 Å². The summed E-state index contributed by atoms with van der Waals surface area (Å²) in [5.41, 5.74) is 7.12. The molecule has 0 aliphatic heterocycles. The number of carbonyl (C=O) groups excluding carboxylic acids is 1. The number of hydrogen-bond donors (Lipinski definition) is 2. The number of rotatable bonds is 9. The van der Waals surface area contributed by atoms with Crippen LogP contribution in [-0.2, 0) is 9.53 Å². The monoisotopic (exact) mass is 264 g/mol. The van der Waals surface area contributed by atoms with E-state index in [4.69, 9.17) is 10.5 Å². The summed E-state index contributed by atoms with van der Waals surface area (Å²) < 4.78 is 4.95. The smallest absolute Gasteiger partial charge is 0.220 e. The standard InChI is InChI=1S/C15H24N2O2/c1-19-12-6-5-11-17-15(18)10-9-14(16)13-7-3-2-4-8-13/h2-4,7-8,14H,5-6,9-12,16H2,1H3,(H,17,18). The molecule has 0 fully saturated rings. The van der Waals surface area contributed by atoms with E-state index in [0.29, 0.717) is 19.4 Å². The lowest BCUT2D eigenvalue weighted by molar-refractivity contribution is -0.121. The SMILES string of the molecule is COCCCCNC(=O)CCC(N)c1ccccc1. The summed E-state index contributed by atoms with van der Waals surface area (Å²) in [6.07, 6.45) is 3.07. The number of methoxy groups -OCH3 is 1. The minimum Gasteiger partial charge on any atom is -0.385 e. The van der Waals surface area contributed by atoms with Crippen LogP contribution in [0.1, 0.15) is 37.3 Å². The molecule has 106 valence electrons. The van der Waals surface area contributed by atoms with Crippen LogP contribution in [0.25, 0.3) is 0 Å². The van der Waals surface area contributed by atoms with Crippen LogP contribution in [0.3, 0.4) is 0 Å². The molecule has 0 heterocycles. The highest BCUT2D eigenvalue weighted by atomic mass is 16.5. The average Bonchev–Trinajstić information content (AvgIpc) is 2.45. The van der Waals surface area contributed by atoms with Crippen molar-refractivity contribution in [1.82, 2.24) is 5.32 Å². The van der Waals surface area contributed by atoms with Gasteiger partial charge in [-0.05, 0) is 24.8 Å². The molecule has 3 N–H and O–H groups in total. The number of unbranched alkanes of at least 4 members (excludes halogenated alkanes) is 1. The van der Waals surface area contributed by atoms with Gasteiger partial charge in [0.25, 0.3) is 0 Å². The predicted octanol–water partition coefficient (Wildman–Crippen LogP) is 2.01. The van der Waals surface area contributed by atoms with Crippen molar-refractivity contribution in [2.75, 3.05) is 20.3 Å². The fourth-order valence-corrected chi connectivity index (χ4v) is 1.84. The highest BCUT2D eigenvalue weighted by Crippen LogP contribution is 2.14. The molecule has 0 saturated heterocycles. The van der Waals surface area contributed by atoms with Crippen LogP contribution in [0.2, 0.25) is 0 Å². The Hall–Kier alpha value is -1.39. The molecule has 1 unspecified atom stereocenters. The van der Waals surface area contributed by atoms with Gasteiger partial charge < -0.3 is 15.8 Å². The van der Waals surface area contributed by atoms with Crippen LogP contribution in [0, 0.1) is 0 Å². The van der Waals surface area contributed by atoms with E-state index in [1.54, 1.807) is 7.11 Å². The van der Waals surface area contributed by atoms with E-state index >= 15 is 0 Å². The summed E-state index contributed by atoms with van der Waals surface area (Å²) in [5.74, 6) is 0.0730. The number of hydrogen-bond acceptors (Lipinski definition) is 3. The van der Waals surface area contributed by atoms with E-state index in [1.807, 2.05) is 30.3 Å². The molecule has 4 nitrogen and oxygen atoms in total. The van der Waals surface area contributed by atoms with E-state index < -0.39 is 0 Å². The molecule has 0 radical (unpaired) electrons. The number of carbonyl (C=O) groups is 1. The van der Waals surface area contributed by atoms with Crippen LogP contribution >= 0.6 is 0 Å². The van der Waals surface area contributed by atoms with Crippen molar-refractivity contribution in [2.45, 2.75) is 31.7 Å². The minimum absolute atomic E-state index is 0.0690. The Balaban J connectivity index is 2.13. The normalized spacial score (nSPS) is 12.1. The first-order valence-corrected chi connectivity index (χ1v) is 6.80. The predicted molar refractivity (Wildman–Crippen MR) is 76.7 cm³/mol. The zero-order valence-electron chi connectivity index (χ0n) is 11.6. The first-order chi connectivity index (χ1) is 9.24. The molecular weight excluding hydrogens is 240 g/mol. The fraction of sp³-hybridized carbons (Fsp3) is 0.533. The average molecular weight is 264 g/mol. The van der Waals surface area contributed by atoms with Crippen molar-refractivity contribution in [2.24, 2.45) is 5.73 Å². The molecule has 1 atom stereocenters. The zero-order chi connectivity index (χ0) is 13.9. The Kier molecular flexibility index (Phi) is 7.86. The summed E-state index contributed by atoms with van der Waals surface area (Å²) in [5, 5.41) is 2.90. The topological polar surface area (TPSA) is 64.3 Å². The molecular formula is C15H24N2O2. The van der Waals surface area contributed by atoms with E-state index in [-0.39, 0.29) is 11.9 Å². The summed E-state index contributed by atoms with van der Waals surface area (Å²) in [4.78, 5) is 11.6. The van der Waals surface area contributed by atoms with Crippen molar-refractivity contribution in [3.8, 4) is 0 Å². The highest BCUT2D eigenvalue weighted by molar-refractivity contribution is 5.75. The van der Waals surface area contributed by atoms with Crippen molar-refractivity contribution < 1.29 is 9.53 Å². The first-order valence-electron chi connectivity index (χ1n) is 6.80. The van der Waals surface area contributed by atoms with Crippen LogP contribution in [0.4, 0.5) is 0 Å². The van der Waals surface area contributed by atoms with E-state index in [1.165, 1.54) is 0 Å². The third-order valence-corrected chi connectivity index (χ3v) is 3.01. The lowest BCUT2D eigenvalue weighted by Gasteiger charge is -2.11. The van der Waals surface area contributed by atoms with Gasteiger partial charge in [-0.2, -0.15) is 0 Å². The second-order valence-corrected chi connectivity index (χ2v) is 4.61. The molecule has 1 aromatic carbocycles. The minimum atomic E-state index is -0.0690. The van der Waals surface area contributed by atoms with Crippen LogP contribution in [0.5, 0.6) is 0 Å². The van der Waals surface area contributed by atoms with E-state index in [0.717, 1.165) is 25.0 Å². The van der Waals surface area contributed by atoms with Gasteiger partial charge in [0.2, 0.25) is 5.91 Å². The van der Waals surface area contributed by atoms with Crippen molar-refractivity contribution >= 4 is 5.91 Å². The van der Waals surface area contributed by atoms with Gasteiger partial charge in [0.1, 0.15) is 0 Å². The summed E-state index contributed by atoms with van der Waals surface area (Å²) in [6, 6.07) is 9.81. The Labute approximate surface area is 115 Å². The molecule has 4 heteroatoms. The Morgan fingerprint density at radius 3 is 2.74 bits per heavy atom. The van der Waals surface area contributed by atoms with Crippen molar-refractivity contribution in [3.05, 3.63) is 35.9 Å².